The van der Waals surface area contributed by atoms with E-state index >= 15 is 0 Å². The van der Waals surface area contributed by atoms with Crippen LogP contribution in [0, 0.1) is 0 Å². The highest BCUT2D eigenvalue weighted by molar-refractivity contribution is 6.32. The van der Waals surface area contributed by atoms with Crippen LogP contribution in [0.15, 0.2) is 6.07 Å². The zero-order chi connectivity index (χ0) is 14.2. The number of methoxy groups -OCH3 is 1. The van der Waals surface area contributed by atoms with Gasteiger partial charge in [-0.3, -0.25) is 0 Å². The molecule has 1 aliphatic heterocycles. The summed E-state index contributed by atoms with van der Waals surface area (Å²) >= 11 is 6.69. The fraction of sp³-hybridized carbons (Fsp3) is 0.625. The van der Waals surface area contributed by atoms with Crippen molar-refractivity contribution in [1.82, 2.24) is 0 Å². The van der Waals surface area contributed by atoms with Crippen molar-refractivity contribution in [2.75, 3.05) is 20.3 Å². The highest BCUT2D eigenvalue weighted by atomic mass is 35.5. The first-order valence-corrected chi connectivity index (χ1v) is 7.82. The SMILES string of the molecule is COc1cc(C2(CN)CCCCC2)c(Cl)c2c1OCC2. The Morgan fingerprint density at radius 1 is 1.35 bits per heavy atom. The Morgan fingerprint density at radius 2 is 2.10 bits per heavy atom. The number of hydrogen-bond acceptors (Lipinski definition) is 3. The summed E-state index contributed by atoms with van der Waals surface area (Å²) in [6.07, 6.45) is 6.84. The first kappa shape index (κ1) is 14.0. The van der Waals surface area contributed by atoms with E-state index in [1.165, 1.54) is 24.8 Å². The number of fused-ring (bicyclic) bond motifs is 1. The van der Waals surface area contributed by atoms with E-state index in [4.69, 9.17) is 26.8 Å². The second kappa shape index (κ2) is 5.45. The zero-order valence-corrected chi connectivity index (χ0v) is 12.8. The molecule has 1 saturated carbocycles. The molecule has 1 aliphatic carbocycles. The molecule has 3 rings (SSSR count). The van der Waals surface area contributed by atoms with Crippen LogP contribution in [0.2, 0.25) is 5.02 Å². The molecule has 110 valence electrons. The topological polar surface area (TPSA) is 44.5 Å². The van der Waals surface area contributed by atoms with Crippen molar-refractivity contribution in [2.24, 2.45) is 5.73 Å². The molecule has 1 aromatic rings. The summed E-state index contributed by atoms with van der Waals surface area (Å²) in [6.45, 7) is 1.33. The van der Waals surface area contributed by atoms with E-state index in [0.717, 1.165) is 41.3 Å². The average Bonchev–Trinajstić information content (AvgIpc) is 2.98. The second-order valence-corrected chi connectivity index (χ2v) is 6.27. The molecule has 0 radical (unpaired) electrons. The van der Waals surface area contributed by atoms with Gasteiger partial charge in [-0.25, -0.2) is 0 Å². The minimum absolute atomic E-state index is 0.0141. The fourth-order valence-electron chi connectivity index (χ4n) is 3.66. The van der Waals surface area contributed by atoms with E-state index < -0.39 is 0 Å². The summed E-state index contributed by atoms with van der Waals surface area (Å²) in [4.78, 5) is 0. The van der Waals surface area contributed by atoms with Gasteiger partial charge in [0.15, 0.2) is 11.5 Å². The van der Waals surface area contributed by atoms with Crippen LogP contribution >= 0.6 is 11.6 Å². The molecule has 1 fully saturated rings. The van der Waals surface area contributed by atoms with Gasteiger partial charge in [0.1, 0.15) is 0 Å². The Bertz CT molecular complexity index is 510. The smallest absolute Gasteiger partial charge is 0.165 e. The summed E-state index contributed by atoms with van der Waals surface area (Å²) in [5.41, 5.74) is 8.42. The van der Waals surface area contributed by atoms with E-state index in [1.54, 1.807) is 7.11 Å². The summed E-state index contributed by atoms with van der Waals surface area (Å²) in [5.74, 6) is 1.62. The lowest BCUT2D eigenvalue weighted by Gasteiger charge is -2.38. The normalized spacial score (nSPS) is 20.4. The third-order valence-electron chi connectivity index (χ3n) is 4.87. The summed E-state index contributed by atoms with van der Waals surface area (Å²) in [7, 11) is 1.69. The van der Waals surface area contributed by atoms with Gasteiger partial charge in [0.05, 0.1) is 18.7 Å². The van der Waals surface area contributed by atoms with Crippen LogP contribution < -0.4 is 15.2 Å². The van der Waals surface area contributed by atoms with Crippen molar-refractivity contribution in [3.8, 4) is 11.5 Å². The lowest BCUT2D eigenvalue weighted by molar-refractivity contribution is 0.297. The first-order chi connectivity index (χ1) is 9.72. The van der Waals surface area contributed by atoms with E-state index in [1.807, 2.05) is 0 Å². The molecule has 3 nitrogen and oxygen atoms in total. The van der Waals surface area contributed by atoms with E-state index in [9.17, 15) is 0 Å². The second-order valence-electron chi connectivity index (χ2n) is 5.89. The number of nitrogens with two attached hydrogens (primary N) is 1. The molecule has 0 saturated heterocycles. The molecule has 0 spiro atoms. The van der Waals surface area contributed by atoms with E-state index in [0.29, 0.717) is 13.2 Å². The van der Waals surface area contributed by atoms with Crippen molar-refractivity contribution < 1.29 is 9.47 Å². The van der Waals surface area contributed by atoms with Gasteiger partial charge in [0.25, 0.3) is 0 Å². The Labute approximate surface area is 125 Å². The summed E-state index contributed by atoms with van der Waals surface area (Å²) in [5, 5.41) is 0.852. The molecule has 0 amide bonds. The van der Waals surface area contributed by atoms with Crippen LogP contribution in [-0.2, 0) is 11.8 Å². The van der Waals surface area contributed by atoms with Crippen LogP contribution in [0.5, 0.6) is 11.5 Å². The lowest BCUT2D eigenvalue weighted by Crippen LogP contribution is -2.37. The average molecular weight is 296 g/mol. The van der Waals surface area contributed by atoms with Crippen LogP contribution in [-0.4, -0.2) is 20.3 Å². The van der Waals surface area contributed by atoms with Crippen LogP contribution in [0.1, 0.15) is 43.2 Å². The number of benzene rings is 1. The molecule has 1 heterocycles. The molecule has 1 aromatic carbocycles. The van der Waals surface area contributed by atoms with Gasteiger partial charge < -0.3 is 15.2 Å². The molecule has 20 heavy (non-hydrogen) atoms. The van der Waals surface area contributed by atoms with Gasteiger partial charge in [0.2, 0.25) is 0 Å². The quantitative estimate of drug-likeness (QED) is 0.929. The van der Waals surface area contributed by atoms with Gasteiger partial charge in [0, 0.05) is 23.9 Å². The van der Waals surface area contributed by atoms with Crippen molar-refractivity contribution in [3.63, 3.8) is 0 Å². The fourth-order valence-corrected chi connectivity index (χ4v) is 4.09. The maximum absolute atomic E-state index is 6.69. The summed E-state index contributed by atoms with van der Waals surface area (Å²) < 4.78 is 11.2. The minimum atomic E-state index is 0.0141. The molecular formula is C16H22ClNO2. The molecule has 0 unspecified atom stereocenters. The minimum Gasteiger partial charge on any atom is -0.493 e. The predicted molar refractivity (Wildman–Crippen MR) is 81.0 cm³/mol. The van der Waals surface area contributed by atoms with E-state index in [2.05, 4.69) is 6.07 Å². The largest absolute Gasteiger partial charge is 0.493 e. The van der Waals surface area contributed by atoms with Gasteiger partial charge in [-0.15, -0.1) is 0 Å². The maximum atomic E-state index is 6.69. The third-order valence-corrected chi connectivity index (χ3v) is 5.30. The lowest BCUT2D eigenvalue weighted by atomic mass is 9.69. The molecule has 0 bridgehead atoms. The molecule has 2 aliphatic rings. The molecule has 4 heteroatoms. The van der Waals surface area contributed by atoms with Crippen LogP contribution in [0.25, 0.3) is 0 Å². The Kier molecular flexibility index (Phi) is 3.83. The summed E-state index contributed by atoms with van der Waals surface area (Å²) in [6, 6.07) is 2.06. The number of hydrogen-bond donors (Lipinski definition) is 1. The van der Waals surface area contributed by atoms with Crippen molar-refractivity contribution in [3.05, 3.63) is 22.2 Å². The van der Waals surface area contributed by atoms with Gasteiger partial charge in [-0.2, -0.15) is 0 Å². The van der Waals surface area contributed by atoms with E-state index in [-0.39, 0.29) is 5.41 Å². The number of rotatable bonds is 3. The molecule has 2 N–H and O–H groups in total. The van der Waals surface area contributed by atoms with Crippen LogP contribution in [0.4, 0.5) is 0 Å². The highest BCUT2D eigenvalue weighted by Crippen LogP contribution is 2.49. The highest BCUT2D eigenvalue weighted by Gasteiger charge is 2.37. The zero-order valence-electron chi connectivity index (χ0n) is 12.0. The van der Waals surface area contributed by atoms with Gasteiger partial charge in [-0.05, 0) is 24.5 Å². The van der Waals surface area contributed by atoms with Gasteiger partial charge in [-0.1, -0.05) is 30.9 Å². The Hall–Kier alpha value is -0.930. The third kappa shape index (κ3) is 2.08. The van der Waals surface area contributed by atoms with Gasteiger partial charge >= 0.3 is 0 Å². The van der Waals surface area contributed by atoms with Crippen molar-refractivity contribution >= 4 is 11.6 Å². The predicted octanol–water partition coefficient (Wildman–Crippen LogP) is 3.44. The standard InChI is InChI=1S/C16H22ClNO2/c1-19-13-9-12(14(17)11-5-8-20-15(11)13)16(10-18)6-3-2-4-7-16/h9H,2-8,10,18H2,1H3. The Morgan fingerprint density at radius 3 is 2.75 bits per heavy atom. The van der Waals surface area contributed by atoms with Crippen LogP contribution in [0.3, 0.4) is 0 Å². The van der Waals surface area contributed by atoms with Crippen molar-refractivity contribution in [1.29, 1.82) is 0 Å². The molecule has 0 atom stereocenters. The number of halogens is 1. The molecular weight excluding hydrogens is 274 g/mol. The number of ether oxygens (including phenoxy) is 2. The van der Waals surface area contributed by atoms with Crippen molar-refractivity contribution in [2.45, 2.75) is 43.9 Å². The Balaban J connectivity index is 2.13. The molecule has 0 aromatic heterocycles. The first-order valence-electron chi connectivity index (χ1n) is 7.44. The maximum Gasteiger partial charge on any atom is 0.165 e. The monoisotopic (exact) mass is 295 g/mol.